The lowest BCUT2D eigenvalue weighted by atomic mass is 9.74. The Hall–Kier alpha value is -1.13. The van der Waals surface area contributed by atoms with Crippen LogP contribution >= 0.6 is 0 Å². The molecule has 0 aliphatic carbocycles. The van der Waals surface area contributed by atoms with Gasteiger partial charge in [-0.1, -0.05) is 24.8 Å². The zero-order valence-electron chi connectivity index (χ0n) is 6.90. The first-order valence-corrected chi connectivity index (χ1v) is 3.48. The third-order valence-electron chi connectivity index (χ3n) is 1.35. The van der Waals surface area contributed by atoms with Gasteiger partial charge in [-0.05, 0) is 12.4 Å². The van der Waals surface area contributed by atoms with Gasteiger partial charge in [0.15, 0.2) is 0 Å². The lowest BCUT2D eigenvalue weighted by molar-refractivity contribution is -0.104. The molecule has 2 N–H and O–H groups in total. The maximum absolute atomic E-state index is 10.4. The second-order valence-corrected chi connectivity index (χ2v) is 2.09. The van der Waals surface area contributed by atoms with E-state index in [9.17, 15) is 4.79 Å². The Balaban J connectivity index is 4.85. The fourth-order valence-electron chi connectivity index (χ4n) is 0.761. The van der Waals surface area contributed by atoms with Crippen LogP contribution in [0.5, 0.6) is 0 Å². The molecule has 0 saturated carbocycles. The normalized spacial score (nSPS) is 12.6. The summed E-state index contributed by atoms with van der Waals surface area (Å²) in [6, 6.07) is 0. The molecule has 0 fully saturated rings. The molecule has 0 rings (SSSR count). The molecule has 64 valence electrons. The third kappa shape index (κ3) is 2.86. The van der Waals surface area contributed by atoms with Crippen LogP contribution in [0.1, 0.15) is 6.92 Å². The van der Waals surface area contributed by atoms with Gasteiger partial charge in [0, 0.05) is 5.57 Å². The Bertz CT molecular complexity index is 228. The van der Waals surface area contributed by atoms with Gasteiger partial charge in [-0.3, -0.25) is 4.79 Å². The highest BCUT2D eigenvalue weighted by Gasteiger charge is 2.16. The van der Waals surface area contributed by atoms with Gasteiger partial charge in [0.2, 0.25) is 0 Å². The van der Waals surface area contributed by atoms with E-state index in [1.54, 1.807) is 6.92 Å². The standard InChI is InChI=1S/C8H11BO3/c1-3-5-8(9(11)12)7(4-2)6-10/h3-6,11-12H,1H2,2H3/b7-4-,8-5+. The molecule has 0 aromatic rings. The minimum atomic E-state index is -1.64. The van der Waals surface area contributed by atoms with Crippen LogP contribution < -0.4 is 0 Å². The van der Waals surface area contributed by atoms with Crippen molar-refractivity contribution in [2.24, 2.45) is 0 Å². The van der Waals surface area contributed by atoms with Crippen molar-refractivity contribution >= 4 is 13.4 Å². The molecule has 0 saturated heterocycles. The second-order valence-electron chi connectivity index (χ2n) is 2.09. The molecule has 0 atom stereocenters. The summed E-state index contributed by atoms with van der Waals surface area (Å²) in [5.74, 6) is 0. The fourth-order valence-corrected chi connectivity index (χ4v) is 0.761. The van der Waals surface area contributed by atoms with Gasteiger partial charge in [-0.15, -0.1) is 0 Å². The molecule has 0 aliphatic rings. The Morgan fingerprint density at radius 3 is 2.33 bits per heavy atom. The van der Waals surface area contributed by atoms with Crippen LogP contribution in [0.4, 0.5) is 0 Å². The topological polar surface area (TPSA) is 57.5 Å². The largest absolute Gasteiger partial charge is 0.489 e. The molecule has 0 unspecified atom stereocenters. The van der Waals surface area contributed by atoms with Crippen LogP contribution in [-0.2, 0) is 4.79 Å². The molecular weight excluding hydrogens is 155 g/mol. The summed E-state index contributed by atoms with van der Waals surface area (Å²) >= 11 is 0. The predicted octanol–water partition coefficient (Wildman–Crippen LogP) is 0.256. The van der Waals surface area contributed by atoms with Gasteiger partial charge in [0.05, 0.1) is 0 Å². The highest BCUT2D eigenvalue weighted by molar-refractivity contribution is 6.53. The van der Waals surface area contributed by atoms with E-state index in [4.69, 9.17) is 10.0 Å². The van der Waals surface area contributed by atoms with E-state index < -0.39 is 7.12 Å². The summed E-state index contributed by atoms with van der Waals surface area (Å²) in [6.07, 6.45) is 4.84. The third-order valence-corrected chi connectivity index (χ3v) is 1.35. The second kappa shape index (κ2) is 5.52. The molecule has 3 nitrogen and oxygen atoms in total. The van der Waals surface area contributed by atoms with Crippen molar-refractivity contribution in [1.29, 1.82) is 0 Å². The number of aldehydes is 1. The Morgan fingerprint density at radius 2 is 2.08 bits per heavy atom. The van der Waals surface area contributed by atoms with Crippen molar-refractivity contribution in [2.75, 3.05) is 0 Å². The van der Waals surface area contributed by atoms with Crippen molar-refractivity contribution in [3.8, 4) is 0 Å². The summed E-state index contributed by atoms with van der Waals surface area (Å²) in [6.45, 7) is 5.03. The molecule has 0 spiro atoms. The number of allylic oxidation sites excluding steroid dienone is 5. The average molecular weight is 166 g/mol. The van der Waals surface area contributed by atoms with Crippen molar-refractivity contribution < 1.29 is 14.8 Å². The molecule has 0 bridgehead atoms. The molecule has 0 aliphatic heterocycles. The van der Waals surface area contributed by atoms with E-state index in [-0.39, 0.29) is 11.0 Å². The number of hydrogen-bond acceptors (Lipinski definition) is 3. The highest BCUT2D eigenvalue weighted by Crippen LogP contribution is 2.08. The van der Waals surface area contributed by atoms with Gasteiger partial charge >= 0.3 is 7.12 Å². The van der Waals surface area contributed by atoms with E-state index in [1.165, 1.54) is 18.2 Å². The van der Waals surface area contributed by atoms with E-state index in [0.717, 1.165) is 0 Å². The van der Waals surface area contributed by atoms with Crippen molar-refractivity contribution in [2.45, 2.75) is 6.92 Å². The zero-order chi connectivity index (χ0) is 9.56. The van der Waals surface area contributed by atoms with E-state index in [2.05, 4.69) is 6.58 Å². The molecule has 4 heteroatoms. The number of rotatable bonds is 4. The fraction of sp³-hybridized carbons (Fsp3) is 0.125. The van der Waals surface area contributed by atoms with Crippen molar-refractivity contribution in [3.63, 3.8) is 0 Å². The average Bonchev–Trinajstić information content (AvgIpc) is 2.05. The zero-order valence-corrected chi connectivity index (χ0v) is 6.90. The van der Waals surface area contributed by atoms with Gasteiger partial charge in [-0.2, -0.15) is 0 Å². The van der Waals surface area contributed by atoms with Gasteiger partial charge in [-0.25, -0.2) is 0 Å². The lowest BCUT2D eigenvalue weighted by Gasteiger charge is -2.02. The maximum atomic E-state index is 10.4. The minimum absolute atomic E-state index is 0.155. The first-order valence-electron chi connectivity index (χ1n) is 3.48. The maximum Gasteiger partial charge on any atom is 0.489 e. The Kier molecular flexibility index (Phi) is 5.00. The van der Waals surface area contributed by atoms with Crippen LogP contribution in [0, 0.1) is 0 Å². The lowest BCUT2D eigenvalue weighted by Crippen LogP contribution is -2.17. The van der Waals surface area contributed by atoms with E-state index in [0.29, 0.717) is 6.29 Å². The monoisotopic (exact) mass is 166 g/mol. The predicted molar refractivity (Wildman–Crippen MR) is 48.3 cm³/mol. The van der Waals surface area contributed by atoms with Crippen molar-refractivity contribution in [3.05, 3.63) is 35.9 Å². The molecule has 0 radical (unpaired) electrons. The van der Waals surface area contributed by atoms with E-state index >= 15 is 0 Å². The van der Waals surface area contributed by atoms with Crippen LogP contribution in [0.25, 0.3) is 0 Å². The number of carbonyl (C=O) groups excluding carboxylic acids is 1. The van der Waals surface area contributed by atoms with Gasteiger partial charge in [0.1, 0.15) is 6.29 Å². The summed E-state index contributed by atoms with van der Waals surface area (Å²) in [5, 5.41) is 17.6. The quantitative estimate of drug-likeness (QED) is 0.272. The SMILES string of the molecule is C=C/C=C(B(O)O)\C(C=O)=C/C. The smallest absolute Gasteiger partial charge is 0.423 e. The summed E-state index contributed by atoms with van der Waals surface area (Å²) in [5.41, 5.74) is 0.410. The Morgan fingerprint density at radius 1 is 1.50 bits per heavy atom. The minimum Gasteiger partial charge on any atom is -0.423 e. The molecule has 0 heterocycles. The molecule has 0 aromatic heterocycles. The number of carbonyl (C=O) groups is 1. The molecule has 0 amide bonds. The molecule has 12 heavy (non-hydrogen) atoms. The first kappa shape index (κ1) is 10.9. The van der Waals surface area contributed by atoms with Crippen LogP contribution in [0.3, 0.4) is 0 Å². The van der Waals surface area contributed by atoms with Gasteiger partial charge in [0.25, 0.3) is 0 Å². The molecular formula is C8H11BO3. The van der Waals surface area contributed by atoms with Crippen molar-refractivity contribution in [1.82, 2.24) is 0 Å². The summed E-state index contributed by atoms with van der Waals surface area (Å²) in [7, 11) is -1.64. The summed E-state index contributed by atoms with van der Waals surface area (Å²) in [4.78, 5) is 10.4. The number of hydrogen-bond donors (Lipinski definition) is 2. The van der Waals surface area contributed by atoms with Crippen LogP contribution in [0.15, 0.2) is 35.9 Å². The van der Waals surface area contributed by atoms with Crippen LogP contribution in [-0.4, -0.2) is 23.5 Å². The first-order chi connectivity index (χ1) is 5.67. The van der Waals surface area contributed by atoms with Gasteiger partial charge < -0.3 is 10.0 Å². The Labute approximate surface area is 71.9 Å². The molecule has 0 aromatic carbocycles. The van der Waals surface area contributed by atoms with Crippen LogP contribution in [0.2, 0.25) is 0 Å². The highest BCUT2D eigenvalue weighted by atomic mass is 16.4. The van der Waals surface area contributed by atoms with E-state index in [1.807, 2.05) is 0 Å². The summed E-state index contributed by atoms with van der Waals surface area (Å²) < 4.78 is 0.